The van der Waals surface area contributed by atoms with Gasteiger partial charge in [-0.05, 0) is 107 Å². The van der Waals surface area contributed by atoms with Crippen molar-refractivity contribution in [2.45, 2.75) is 39.0 Å². The van der Waals surface area contributed by atoms with Crippen molar-refractivity contribution in [2.75, 3.05) is 0 Å². The molecule has 3 heteroatoms. The molecule has 3 nitrogen and oxygen atoms in total. The number of benzene rings is 5. The second-order valence-electron chi connectivity index (χ2n) is 13.9. The maximum Gasteiger partial charge on any atom is 0.0788 e. The van der Waals surface area contributed by atoms with Crippen molar-refractivity contribution in [1.82, 2.24) is 9.13 Å². The van der Waals surface area contributed by atoms with Gasteiger partial charge in [0.25, 0.3) is 0 Å². The molecule has 7 aromatic rings. The molecule has 5 aromatic carbocycles. The molecule has 1 atom stereocenters. The van der Waals surface area contributed by atoms with Crippen LogP contribution in [0.1, 0.15) is 71.8 Å². The molecule has 3 aliphatic carbocycles. The number of para-hydroxylation sites is 1. The Morgan fingerprint density at radius 1 is 0.780 bits per heavy atom. The van der Waals surface area contributed by atoms with Crippen molar-refractivity contribution in [2.24, 2.45) is 4.99 Å². The largest absolute Gasteiger partial charge is 0.313 e. The van der Waals surface area contributed by atoms with Gasteiger partial charge in [-0.15, -0.1) is 0 Å². The minimum absolute atomic E-state index is 0.478. The highest BCUT2D eigenvalue weighted by Gasteiger charge is 2.28. The number of allylic oxidation sites excluding steroid dienone is 4. The summed E-state index contributed by atoms with van der Waals surface area (Å²) < 4.78 is 4.96. The molecule has 240 valence electrons. The first-order chi connectivity index (χ1) is 24.6. The van der Waals surface area contributed by atoms with Crippen LogP contribution in [0.5, 0.6) is 0 Å². The van der Waals surface area contributed by atoms with Gasteiger partial charge in [-0.2, -0.15) is 0 Å². The molecule has 0 amide bonds. The van der Waals surface area contributed by atoms with Gasteiger partial charge in [0, 0.05) is 56.8 Å². The molecule has 2 heterocycles. The van der Waals surface area contributed by atoms with E-state index in [1.54, 1.807) is 0 Å². The van der Waals surface area contributed by atoms with Gasteiger partial charge in [-0.1, -0.05) is 98.5 Å². The van der Waals surface area contributed by atoms with E-state index in [2.05, 4.69) is 150 Å². The monoisotopic (exact) mass is 643 g/mol. The SMILES string of the molecule is C=C(C1=C(N=CC)c2cccc3cccc1c23)c1ccc(-n2c3ccccc3c3cc(-n4c5c(c6c4C(C)CC=C6)CCC=C5)ccc32)cc1. The van der Waals surface area contributed by atoms with Gasteiger partial charge in [0.05, 0.1) is 16.7 Å². The summed E-state index contributed by atoms with van der Waals surface area (Å²) in [4.78, 5) is 4.88. The Bertz CT molecular complexity index is 2700. The van der Waals surface area contributed by atoms with Gasteiger partial charge < -0.3 is 9.13 Å². The van der Waals surface area contributed by atoms with E-state index < -0.39 is 0 Å². The number of hydrogen-bond acceptors (Lipinski definition) is 1. The van der Waals surface area contributed by atoms with Crippen molar-refractivity contribution in [3.8, 4) is 11.4 Å². The maximum absolute atomic E-state index is 4.88. The lowest BCUT2D eigenvalue weighted by Crippen LogP contribution is -2.08. The Labute approximate surface area is 292 Å². The summed E-state index contributed by atoms with van der Waals surface area (Å²) in [5.41, 5.74) is 17.1. The van der Waals surface area contributed by atoms with E-state index in [1.807, 2.05) is 13.1 Å². The Morgan fingerprint density at radius 2 is 1.56 bits per heavy atom. The lowest BCUT2D eigenvalue weighted by Gasteiger charge is -2.20. The third-order valence-electron chi connectivity index (χ3n) is 11.1. The van der Waals surface area contributed by atoms with Gasteiger partial charge in [0.1, 0.15) is 0 Å². The third kappa shape index (κ3) is 4.07. The first-order valence-corrected chi connectivity index (χ1v) is 17.8. The summed E-state index contributed by atoms with van der Waals surface area (Å²) in [6.07, 6.45) is 14.6. The Morgan fingerprint density at radius 3 is 2.40 bits per heavy atom. The molecule has 3 aliphatic rings. The first kappa shape index (κ1) is 29.0. The number of aromatic nitrogens is 2. The number of rotatable bonds is 5. The maximum atomic E-state index is 4.88. The van der Waals surface area contributed by atoms with Crippen LogP contribution >= 0.6 is 0 Å². The lowest BCUT2D eigenvalue weighted by atomic mass is 9.90. The van der Waals surface area contributed by atoms with E-state index in [1.165, 1.54) is 71.9 Å². The zero-order chi connectivity index (χ0) is 33.5. The fourth-order valence-electron chi connectivity index (χ4n) is 8.90. The van der Waals surface area contributed by atoms with Crippen LogP contribution in [-0.2, 0) is 6.42 Å². The summed E-state index contributed by atoms with van der Waals surface area (Å²) in [5.74, 6) is 0.478. The Balaban J connectivity index is 1.09. The van der Waals surface area contributed by atoms with Crippen molar-refractivity contribution in [3.63, 3.8) is 0 Å². The van der Waals surface area contributed by atoms with Crippen LogP contribution in [-0.4, -0.2) is 15.3 Å². The first-order valence-electron chi connectivity index (χ1n) is 17.8. The van der Waals surface area contributed by atoms with E-state index in [9.17, 15) is 0 Å². The van der Waals surface area contributed by atoms with Crippen LogP contribution in [0.2, 0.25) is 0 Å². The number of fused-ring (bicyclic) bond motifs is 6. The lowest BCUT2D eigenvalue weighted by molar-refractivity contribution is 0.716. The van der Waals surface area contributed by atoms with Gasteiger partial charge >= 0.3 is 0 Å². The molecule has 0 spiro atoms. The molecule has 0 saturated heterocycles. The van der Waals surface area contributed by atoms with Crippen LogP contribution in [0, 0.1) is 0 Å². The molecule has 10 rings (SSSR count). The van der Waals surface area contributed by atoms with E-state index in [0.29, 0.717) is 5.92 Å². The summed E-state index contributed by atoms with van der Waals surface area (Å²) >= 11 is 0. The van der Waals surface area contributed by atoms with Crippen molar-refractivity contribution >= 4 is 67.8 Å². The number of aliphatic imine (C=N–C) groups is 1. The zero-order valence-electron chi connectivity index (χ0n) is 28.4. The summed E-state index contributed by atoms with van der Waals surface area (Å²) in [5, 5.41) is 5.03. The van der Waals surface area contributed by atoms with Crippen LogP contribution in [0.4, 0.5) is 0 Å². The van der Waals surface area contributed by atoms with Crippen LogP contribution in [0.15, 0.2) is 127 Å². The molecular weight excluding hydrogens is 607 g/mol. The topological polar surface area (TPSA) is 22.2 Å². The van der Waals surface area contributed by atoms with Gasteiger partial charge in [-0.3, -0.25) is 4.99 Å². The average molecular weight is 644 g/mol. The highest BCUT2D eigenvalue weighted by molar-refractivity contribution is 6.25. The number of nitrogens with zero attached hydrogens (tertiary/aromatic N) is 3. The summed E-state index contributed by atoms with van der Waals surface area (Å²) in [7, 11) is 0. The molecule has 0 aliphatic heterocycles. The normalized spacial score (nSPS) is 16.3. The quantitative estimate of drug-likeness (QED) is 0.167. The predicted molar refractivity (Wildman–Crippen MR) is 213 cm³/mol. The minimum atomic E-state index is 0.478. The van der Waals surface area contributed by atoms with E-state index in [4.69, 9.17) is 4.99 Å². The van der Waals surface area contributed by atoms with Crippen LogP contribution in [0.3, 0.4) is 0 Å². The van der Waals surface area contributed by atoms with Gasteiger partial charge in [-0.25, -0.2) is 0 Å². The summed E-state index contributed by atoms with van der Waals surface area (Å²) in [6, 6.07) is 37.8. The molecule has 0 N–H and O–H groups in total. The van der Waals surface area contributed by atoms with Gasteiger partial charge in [0.2, 0.25) is 0 Å². The second-order valence-corrected chi connectivity index (χ2v) is 13.9. The minimum Gasteiger partial charge on any atom is -0.313 e. The third-order valence-corrected chi connectivity index (χ3v) is 11.1. The molecule has 0 radical (unpaired) electrons. The zero-order valence-corrected chi connectivity index (χ0v) is 28.4. The predicted octanol–water partition coefficient (Wildman–Crippen LogP) is 12.2. The number of hydrogen-bond donors (Lipinski definition) is 0. The van der Waals surface area contributed by atoms with E-state index >= 15 is 0 Å². The van der Waals surface area contributed by atoms with Crippen molar-refractivity contribution < 1.29 is 0 Å². The fourth-order valence-corrected chi connectivity index (χ4v) is 8.90. The molecule has 0 saturated carbocycles. The molecule has 0 fully saturated rings. The highest BCUT2D eigenvalue weighted by atomic mass is 15.0. The fraction of sp³-hybridized carbons (Fsp3) is 0.128. The summed E-state index contributed by atoms with van der Waals surface area (Å²) in [6.45, 7) is 9.01. The molecule has 1 unspecified atom stereocenters. The van der Waals surface area contributed by atoms with Gasteiger partial charge in [0.15, 0.2) is 0 Å². The molecule has 2 aromatic heterocycles. The Hall–Kier alpha value is -5.93. The second kappa shape index (κ2) is 11.0. The van der Waals surface area contributed by atoms with Crippen LogP contribution in [0.25, 0.3) is 72.9 Å². The molecular formula is C47H37N3. The van der Waals surface area contributed by atoms with E-state index in [-0.39, 0.29) is 0 Å². The van der Waals surface area contributed by atoms with Crippen molar-refractivity contribution in [3.05, 3.63) is 161 Å². The van der Waals surface area contributed by atoms with E-state index in [0.717, 1.165) is 47.4 Å². The smallest absolute Gasteiger partial charge is 0.0788 e. The van der Waals surface area contributed by atoms with Crippen molar-refractivity contribution in [1.29, 1.82) is 0 Å². The molecule has 50 heavy (non-hydrogen) atoms. The molecule has 0 bridgehead atoms. The highest BCUT2D eigenvalue weighted by Crippen LogP contribution is 2.48. The Kier molecular flexibility index (Phi) is 6.41. The average Bonchev–Trinajstić information content (AvgIpc) is 3.79. The van der Waals surface area contributed by atoms with Crippen LogP contribution < -0.4 is 0 Å². The standard InChI is InChI=1S/C47H37N3/c1-4-48-46-39-19-11-14-32-13-10-18-38(45(32)39)44(46)30(3)31-22-24-33(25-23-31)49-41-20-7-6-16-36(41)40-28-34(26-27-43(40)49)50-42-21-8-5-15-35(42)37-17-9-12-29(2)47(37)50/h4,6-11,13-14,16-29H,3,5,12,15H2,1-2H3.